The number of aliphatic hydroxyl groups is 1. The third-order valence-electron chi connectivity index (χ3n) is 3.46. The zero-order chi connectivity index (χ0) is 16.8. The maximum atomic E-state index is 13.1. The molecule has 4 N–H and O–H groups in total. The molecule has 6 heteroatoms. The van der Waals surface area contributed by atoms with Crippen LogP contribution in [0.1, 0.15) is 11.1 Å². The summed E-state index contributed by atoms with van der Waals surface area (Å²) >= 11 is 3.40. The minimum Gasteiger partial charge on any atom is -0.390 e. The van der Waals surface area contributed by atoms with Crippen molar-refractivity contribution in [2.45, 2.75) is 25.1 Å². The van der Waals surface area contributed by atoms with Crippen LogP contribution in [0.3, 0.4) is 0 Å². The molecule has 2 atom stereocenters. The quantitative estimate of drug-likeness (QED) is 0.687. The maximum Gasteiger partial charge on any atom is 0.126 e. The zero-order valence-electron chi connectivity index (χ0n) is 12.5. The smallest absolute Gasteiger partial charge is 0.126 e. The van der Waals surface area contributed by atoms with E-state index < -0.39 is 23.8 Å². The number of nitrogens with two attached hydrogens (primary N) is 1. The zero-order valence-corrected chi connectivity index (χ0v) is 14.1. The highest BCUT2D eigenvalue weighted by atomic mass is 79.9. The summed E-state index contributed by atoms with van der Waals surface area (Å²) in [6.45, 7) is 0.892. The van der Waals surface area contributed by atoms with Crippen LogP contribution in [0.2, 0.25) is 0 Å². The molecule has 0 spiro atoms. The van der Waals surface area contributed by atoms with Gasteiger partial charge in [0.15, 0.2) is 0 Å². The summed E-state index contributed by atoms with van der Waals surface area (Å²) in [5, 5.41) is 13.2. The highest BCUT2D eigenvalue weighted by Crippen LogP contribution is 2.12. The fourth-order valence-corrected chi connectivity index (χ4v) is 2.75. The molecule has 0 radical (unpaired) electrons. The molecule has 2 aromatic rings. The molecule has 0 bridgehead atoms. The van der Waals surface area contributed by atoms with Crippen molar-refractivity contribution >= 4 is 15.9 Å². The molecule has 0 aliphatic rings. The Kier molecular flexibility index (Phi) is 6.65. The van der Waals surface area contributed by atoms with Crippen molar-refractivity contribution in [3.63, 3.8) is 0 Å². The third kappa shape index (κ3) is 5.99. The molecular formula is C17H19BrF2N2O. The lowest BCUT2D eigenvalue weighted by Gasteiger charge is -2.19. The average molecular weight is 385 g/mol. The minimum atomic E-state index is -0.812. The van der Waals surface area contributed by atoms with Crippen LogP contribution in [0, 0.1) is 11.6 Å². The largest absolute Gasteiger partial charge is 0.390 e. The molecule has 0 aliphatic heterocycles. The van der Waals surface area contributed by atoms with Crippen molar-refractivity contribution in [3.8, 4) is 0 Å². The van der Waals surface area contributed by atoms with Crippen LogP contribution >= 0.6 is 15.9 Å². The molecule has 3 nitrogen and oxygen atoms in total. The molecule has 0 heterocycles. The highest BCUT2D eigenvalue weighted by Gasteiger charge is 2.16. The molecule has 0 amide bonds. The Morgan fingerprint density at radius 1 is 1.09 bits per heavy atom. The molecular weight excluding hydrogens is 366 g/mol. The lowest BCUT2D eigenvalue weighted by Crippen LogP contribution is -2.43. The standard InChI is InChI=1S/C17H19BrF2N2O/c18-13-3-1-2-11(4-13)9-22-10-17(23)16(21)7-12-5-14(19)8-15(20)6-12/h1-6,8,16-17,22-23H,7,9-10,21H2/t16-,17+/m0/s1. The van der Waals surface area contributed by atoms with Crippen LogP contribution in [0.25, 0.3) is 0 Å². The summed E-state index contributed by atoms with van der Waals surface area (Å²) < 4.78 is 27.3. The molecule has 2 rings (SSSR count). The summed E-state index contributed by atoms with van der Waals surface area (Å²) in [7, 11) is 0. The summed E-state index contributed by atoms with van der Waals surface area (Å²) in [5.74, 6) is -1.29. The van der Waals surface area contributed by atoms with Gasteiger partial charge in [-0.25, -0.2) is 8.78 Å². The van der Waals surface area contributed by atoms with E-state index >= 15 is 0 Å². The van der Waals surface area contributed by atoms with Crippen molar-refractivity contribution < 1.29 is 13.9 Å². The molecule has 0 saturated heterocycles. The monoisotopic (exact) mass is 384 g/mol. The van der Waals surface area contributed by atoms with Gasteiger partial charge in [0.2, 0.25) is 0 Å². The Balaban J connectivity index is 1.81. The fourth-order valence-electron chi connectivity index (χ4n) is 2.30. The number of benzene rings is 2. The predicted molar refractivity (Wildman–Crippen MR) is 89.9 cm³/mol. The van der Waals surface area contributed by atoms with E-state index in [0.717, 1.165) is 16.1 Å². The maximum absolute atomic E-state index is 13.1. The summed E-state index contributed by atoms with van der Waals surface area (Å²) in [6.07, 6.45) is -0.609. The molecule has 0 aromatic heterocycles. The fraction of sp³-hybridized carbons (Fsp3) is 0.294. The Labute approximate surface area is 142 Å². The van der Waals surface area contributed by atoms with Crippen molar-refractivity contribution in [1.29, 1.82) is 0 Å². The van der Waals surface area contributed by atoms with Gasteiger partial charge in [0.1, 0.15) is 11.6 Å². The lowest BCUT2D eigenvalue weighted by molar-refractivity contribution is 0.141. The Morgan fingerprint density at radius 2 is 1.78 bits per heavy atom. The van der Waals surface area contributed by atoms with Gasteiger partial charge in [-0.05, 0) is 41.8 Å². The SMILES string of the molecule is N[C@@H](Cc1cc(F)cc(F)c1)[C@H](O)CNCc1cccc(Br)c1. The molecule has 2 aromatic carbocycles. The molecule has 0 aliphatic carbocycles. The second kappa shape index (κ2) is 8.49. The Morgan fingerprint density at radius 3 is 2.43 bits per heavy atom. The lowest BCUT2D eigenvalue weighted by atomic mass is 10.0. The Hall–Kier alpha value is -1.34. The van der Waals surface area contributed by atoms with Gasteiger partial charge in [0, 0.05) is 29.7 Å². The number of rotatable bonds is 7. The first-order valence-electron chi connectivity index (χ1n) is 7.28. The first-order chi connectivity index (χ1) is 10.9. The van der Waals surface area contributed by atoms with Crippen molar-refractivity contribution in [3.05, 3.63) is 69.7 Å². The minimum absolute atomic E-state index is 0.203. The number of hydrogen-bond donors (Lipinski definition) is 3. The van der Waals surface area contributed by atoms with Crippen molar-refractivity contribution in [2.75, 3.05) is 6.54 Å². The molecule has 0 unspecified atom stereocenters. The molecule has 0 fully saturated rings. The van der Waals surface area contributed by atoms with Gasteiger partial charge in [-0.2, -0.15) is 0 Å². The van der Waals surface area contributed by atoms with Crippen LogP contribution in [-0.2, 0) is 13.0 Å². The second-order valence-electron chi connectivity index (χ2n) is 5.47. The Bertz CT molecular complexity index is 634. The van der Waals surface area contributed by atoms with Gasteiger partial charge in [-0.15, -0.1) is 0 Å². The second-order valence-corrected chi connectivity index (χ2v) is 6.39. The van der Waals surface area contributed by atoms with Crippen molar-refractivity contribution in [1.82, 2.24) is 5.32 Å². The van der Waals surface area contributed by atoms with Crippen LogP contribution in [0.4, 0.5) is 8.78 Å². The first kappa shape index (κ1) is 18.0. The number of aliphatic hydroxyl groups excluding tert-OH is 1. The summed E-state index contributed by atoms with van der Waals surface area (Å²) in [6, 6.07) is 10.5. The average Bonchev–Trinajstić information content (AvgIpc) is 2.46. The van der Waals surface area contributed by atoms with Crippen LogP contribution in [0.5, 0.6) is 0 Å². The number of nitrogens with one attached hydrogen (secondary N) is 1. The van der Waals surface area contributed by atoms with E-state index in [2.05, 4.69) is 21.2 Å². The highest BCUT2D eigenvalue weighted by molar-refractivity contribution is 9.10. The first-order valence-corrected chi connectivity index (χ1v) is 8.07. The predicted octanol–water partition coefficient (Wildman–Crippen LogP) is 2.75. The summed E-state index contributed by atoms with van der Waals surface area (Å²) in [4.78, 5) is 0. The van der Waals surface area contributed by atoms with Gasteiger partial charge < -0.3 is 16.2 Å². The third-order valence-corrected chi connectivity index (χ3v) is 3.95. The van der Waals surface area contributed by atoms with Gasteiger partial charge >= 0.3 is 0 Å². The van der Waals surface area contributed by atoms with E-state index in [1.807, 2.05) is 24.3 Å². The number of halogens is 3. The van der Waals surface area contributed by atoms with Crippen LogP contribution in [-0.4, -0.2) is 23.8 Å². The van der Waals surface area contributed by atoms with E-state index in [9.17, 15) is 13.9 Å². The topological polar surface area (TPSA) is 58.3 Å². The van der Waals surface area contributed by atoms with Gasteiger partial charge in [0.05, 0.1) is 6.10 Å². The molecule has 124 valence electrons. The normalized spacial score (nSPS) is 13.8. The van der Waals surface area contributed by atoms with Crippen LogP contribution < -0.4 is 11.1 Å². The van der Waals surface area contributed by atoms with E-state index in [-0.39, 0.29) is 6.42 Å². The van der Waals surface area contributed by atoms with E-state index in [4.69, 9.17) is 5.73 Å². The van der Waals surface area contributed by atoms with E-state index in [0.29, 0.717) is 18.7 Å². The molecule has 23 heavy (non-hydrogen) atoms. The van der Waals surface area contributed by atoms with E-state index in [1.54, 1.807) is 0 Å². The van der Waals surface area contributed by atoms with E-state index in [1.165, 1.54) is 12.1 Å². The van der Waals surface area contributed by atoms with Crippen molar-refractivity contribution in [2.24, 2.45) is 5.73 Å². The van der Waals surface area contributed by atoms with Crippen LogP contribution in [0.15, 0.2) is 46.9 Å². The van der Waals surface area contributed by atoms with Gasteiger partial charge in [0.25, 0.3) is 0 Å². The molecule has 0 saturated carbocycles. The summed E-state index contributed by atoms with van der Waals surface area (Å²) in [5.41, 5.74) is 7.42. The van der Waals surface area contributed by atoms with Gasteiger partial charge in [-0.3, -0.25) is 0 Å². The van der Waals surface area contributed by atoms with Gasteiger partial charge in [-0.1, -0.05) is 28.1 Å². The number of hydrogen-bond acceptors (Lipinski definition) is 3.